The molecule has 0 aliphatic carbocycles. The number of likely N-dealkylation sites (tertiary alicyclic amines) is 1. The first-order chi connectivity index (χ1) is 18.7. The molecule has 1 N–H and O–H groups in total. The van der Waals surface area contributed by atoms with Crippen LogP contribution in [0.2, 0.25) is 0 Å². The van der Waals surface area contributed by atoms with Crippen molar-refractivity contribution < 1.29 is 21.6 Å². The summed E-state index contributed by atoms with van der Waals surface area (Å²) in [6.45, 7) is 6.92. The number of pyridine rings is 1. The SMILES string of the molecule is CCN1CCC(c2nc(-c3cccc(NS(=O)(=O)c4cc(F)ccc4F)c3F)c(-c3ccnc(C)c3)s2)CC1. The molecule has 0 radical (unpaired) electrons. The number of thiazole rings is 1. The number of aryl methyl sites for hydroxylation is 1. The van der Waals surface area contributed by atoms with Crippen molar-refractivity contribution in [2.75, 3.05) is 24.4 Å². The maximum atomic E-state index is 16.0. The summed E-state index contributed by atoms with van der Waals surface area (Å²) in [5.74, 6) is -2.70. The zero-order valence-corrected chi connectivity index (χ0v) is 23.1. The first-order valence-electron chi connectivity index (χ1n) is 12.6. The van der Waals surface area contributed by atoms with Crippen LogP contribution in [0.5, 0.6) is 0 Å². The Hall–Kier alpha value is -3.28. The molecule has 0 bridgehead atoms. The van der Waals surface area contributed by atoms with Crippen LogP contribution in [0.4, 0.5) is 18.9 Å². The van der Waals surface area contributed by atoms with Crippen molar-refractivity contribution in [3.8, 4) is 21.7 Å². The molecule has 4 aromatic rings. The molecule has 1 aliphatic rings. The predicted molar refractivity (Wildman–Crippen MR) is 147 cm³/mol. The third kappa shape index (κ3) is 5.70. The van der Waals surface area contributed by atoms with E-state index < -0.39 is 32.4 Å². The maximum Gasteiger partial charge on any atom is 0.265 e. The van der Waals surface area contributed by atoms with Crippen molar-refractivity contribution in [3.05, 3.63) is 82.9 Å². The van der Waals surface area contributed by atoms with Crippen LogP contribution in [0.1, 0.15) is 36.4 Å². The van der Waals surface area contributed by atoms with Crippen molar-refractivity contribution in [2.24, 2.45) is 0 Å². The number of nitrogens with one attached hydrogen (secondary N) is 1. The minimum absolute atomic E-state index is 0.105. The van der Waals surface area contributed by atoms with E-state index in [0.717, 1.165) is 59.7 Å². The summed E-state index contributed by atoms with van der Waals surface area (Å²) in [4.78, 5) is 11.4. The fourth-order valence-electron chi connectivity index (χ4n) is 4.75. The molecular formula is C28H27F3N4O2S2. The molecule has 0 amide bonds. The van der Waals surface area contributed by atoms with E-state index in [9.17, 15) is 17.2 Å². The number of halogens is 3. The Balaban J connectivity index is 1.57. The van der Waals surface area contributed by atoms with Gasteiger partial charge < -0.3 is 4.90 Å². The minimum Gasteiger partial charge on any atom is -0.304 e. The summed E-state index contributed by atoms with van der Waals surface area (Å²) in [6.07, 6.45) is 3.57. The third-order valence-corrected chi connectivity index (χ3v) is 9.51. The van der Waals surface area contributed by atoms with Gasteiger partial charge in [-0.1, -0.05) is 13.0 Å². The summed E-state index contributed by atoms with van der Waals surface area (Å²) >= 11 is 1.51. The summed E-state index contributed by atoms with van der Waals surface area (Å²) in [7, 11) is -4.61. The molecule has 204 valence electrons. The van der Waals surface area contributed by atoms with E-state index in [1.165, 1.54) is 29.5 Å². The van der Waals surface area contributed by atoms with E-state index in [4.69, 9.17) is 4.98 Å². The second kappa shape index (κ2) is 11.1. The molecular weight excluding hydrogens is 545 g/mol. The standard InChI is InChI=1S/C28H27F3N4O2S2/c1-3-35-13-10-18(11-14-35)28-33-26(27(38-28)19-9-12-32-17(2)15-19)21-5-4-6-23(25(21)31)34-39(36,37)24-16-20(29)7-8-22(24)30/h4-9,12,15-16,18,34H,3,10-11,13-14H2,1-2H3. The van der Waals surface area contributed by atoms with Crippen LogP contribution in [0.15, 0.2) is 59.6 Å². The molecule has 1 aliphatic heterocycles. The van der Waals surface area contributed by atoms with Crippen LogP contribution in [0.25, 0.3) is 21.7 Å². The number of rotatable bonds is 7. The molecule has 2 aromatic carbocycles. The van der Waals surface area contributed by atoms with Gasteiger partial charge in [-0.25, -0.2) is 26.6 Å². The van der Waals surface area contributed by atoms with Crippen LogP contribution in [0, 0.1) is 24.4 Å². The lowest BCUT2D eigenvalue weighted by molar-refractivity contribution is 0.222. The maximum absolute atomic E-state index is 16.0. The first kappa shape index (κ1) is 27.3. The molecule has 6 nitrogen and oxygen atoms in total. The van der Waals surface area contributed by atoms with Crippen LogP contribution >= 0.6 is 11.3 Å². The smallest absolute Gasteiger partial charge is 0.265 e. The van der Waals surface area contributed by atoms with Crippen molar-refractivity contribution in [3.63, 3.8) is 0 Å². The third-order valence-electron chi connectivity index (χ3n) is 6.87. The molecule has 1 saturated heterocycles. The Labute approximate surface area is 229 Å². The van der Waals surface area contributed by atoms with Crippen molar-refractivity contribution in [1.82, 2.24) is 14.9 Å². The number of piperidine rings is 1. The Bertz CT molecular complexity index is 1620. The van der Waals surface area contributed by atoms with Gasteiger partial charge in [0.1, 0.15) is 16.5 Å². The van der Waals surface area contributed by atoms with Gasteiger partial charge in [-0.3, -0.25) is 9.71 Å². The largest absolute Gasteiger partial charge is 0.304 e. The van der Waals surface area contributed by atoms with Gasteiger partial charge in [0.05, 0.1) is 21.3 Å². The number of benzene rings is 2. The van der Waals surface area contributed by atoms with Gasteiger partial charge in [-0.05, 0) is 87.4 Å². The second-order valence-electron chi connectivity index (χ2n) is 9.47. The number of hydrogen-bond donors (Lipinski definition) is 1. The van der Waals surface area contributed by atoms with Gasteiger partial charge in [0, 0.05) is 23.4 Å². The van der Waals surface area contributed by atoms with Crippen LogP contribution in [0.3, 0.4) is 0 Å². The highest BCUT2D eigenvalue weighted by molar-refractivity contribution is 7.92. The lowest BCUT2D eigenvalue weighted by Gasteiger charge is -2.29. The van der Waals surface area contributed by atoms with E-state index in [1.54, 1.807) is 6.20 Å². The number of sulfonamides is 1. The highest BCUT2D eigenvalue weighted by atomic mass is 32.2. The van der Waals surface area contributed by atoms with Gasteiger partial charge in [0.15, 0.2) is 5.82 Å². The van der Waals surface area contributed by atoms with Crippen LogP contribution in [-0.4, -0.2) is 42.9 Å². The monoisotopic (exact) mass is 572 g/mol. The quantitative estimate of drug-likeness (QED) is 0.270. The normalized spacial score (nSPS) is 15.0. The number of aromatic nitrogens is 2. The van der Waals surface area contributed by atoms with E-state index in [-0.39, 0.29) is 17.2 Å². The Kier molecular flexibility index (Phi) is 7.75. The van der Waals surface area contributed by atoms with Gasteiger partial charge in [0.25, 0.3) is 10.0 Å². The number of nitrogens with zero attached hydrogens (tertiary/aromatic N) is 3. The number of anilines is 1. The molecule has 0 unspecified atom stereocenters. The molecule has 0 spiro atoms. The topological polar surface area (TPSA) is 75.2 Å². The highest BCUT2D eigenvalue weighted by Crippen LogP contribution is 2.43. The lowest BCUT2D eigenvalue weighted by atomic mass is 9.97. The molecule has 3 heterocycles. The van der Waals surface area contributed by atoms with Gasteiger partial charge in [-0.15, -0.1) is 11.3 Å². The molecule has 0 atom stereocenters. The average molecular weight is 573 g/mol. The van der Waals surface area contributed by atoms with Gasteiger partial charge in [0.2, 0.25) is 0 Å². The number of hydrogen-bond acceptors (Lipinski definition) is 6. The Morgan fingerprint density at radius 1 is 1.08 bits per heavy atom. The summed E-state index contributed by atoms with van der Waals surface area (Å²) in [6, 6.07) is 10.1. The molecule has 39 heavy (non-hydrogen) atoms. The molecule has 2 aromatic heterocycles. The molecule has 5 rings (SSSR count). The fraction of sp³-hybridized carbons (Fsp3) is 0.286. The van der Waals surface area contributed by atoms with Crippen LogP contribution < -0.4 is 4.72 Å². The first-order valence-corrected chi connectivity index (χ1v) is 14.9. The Morgan fingerprint density at radius 2 is 1.85 bits per heavy atom. The van der Waals surface area contributed by atoms with E-state index in [0.29, 0.717) is 17.8 Å². The highest BCUT2D eigenvalue weighted by Gasteiger charge is 2.28. The average Bonchev–Trinajstić information content (AvgIpc) is 3.36. The van der Waals surface area contributed by atoms with E-state index in [1.807, 2.05) is 19.1 Å². The van der Waals surface area contributed by atoms with E-state index in [2.05, 4.69) is 21.5 Å². The summed E-state index contributed by atoms with van der Waals surface area (Å²) in [5, 5.41) is 0.900. The zero-order chi connectivity index (χ0) is 27.7. The predicted octanol–water partition coefficient (Wildman–Crippen LogP) is 6.60. The summed E-state index contributed by atoms with van der Waals surface area (Å²) in [5.41, 5.74) is 1.74. The van der Waals surface area contributed by atoms with Crippen LogP contribution in [-0.2, 0) is 10.0 Å². The zero-order valence-electron chi connectivity index (χ0n) is 21.4. The lowest BCUT2D eigenvalue weighted by Crippen LogP contribution is -2.32. The molecule has 0 saturated carbocycles. The molecule has 11 heteroatoms. The van der Waals surface area contributed by atoms with Gasteiger partial charge in [-0.2, -0.15) is 0 Å². The van der Waals surface area contributed by atoms with E-state index >= 15 is 4.39 Å². The minimum atomic E-state index is -4.61. The summed E-state index contributed by atoms with van der Waals surface area (Å²) < 4.78 is 71.6. The molecule has 1 fully saturated rings. The Morgan fingerprint density at radius 3 is 2.56 bits per heavy atom. The van der Waals surface area contributed by atoms with Crippen molar-refractivity contribution >= 4 is 27.0 Å². The van der Waals surface area contributed by atoms with Crippen molar-refractivity contribution in [1.29, 1.82) is 0 Å². The second-order valence-corrected chi connectivity index (χ2v) is 12.2. The fourth-order valence-corrected chi connectivity index (χ4v) is 7.14. The van der Waals surface area contributed by atoms with Crippen molar-refractivity contribution in [2.45, 2.75) is 37.5 Å². The van der Waals surface area contributed by atoms with Gasteiger partial charge >= 0.3 is 0 Å².